The van der Waals surface area contributed by atoms with Crippen LogP contribution >= 0.6 is 0 Å². The predicted octanol–water partition coefficient (Wildman–Crippen LogP) is -1.54. The van der Waals surface area contributed by atoms with Crippen LogP contribution in [0.2, 0.25) is 0 Å². The number of nitrogens with zero attached hydrogens (tertiary/aromatic N) is 2. The highest BCUT2D eigenvalue weighted by Gasteiger charge is 2.08. The number of allylic oxidation sites excluding steroid dienone is 2. The molecule has 0 spiro atoms. The van der Waals surface area contributed by atoms with E-state index in [1.807, 2.05) is 12.2 Å². The summed E-state index contributed by atoms with van der Waals surface area (Å²) in [5, 5.41) is 0. The van der Waals surface area contributed by atoms with Crippen molar-refractivity contribution in [2.24, 2.45) is 0 Å². The molecule has 0 aliphatic heterocycles. The van der Waals surface area contributed by atoms with Crippen molar-refractivity contribution < 1.29 is 17.0 Å². The summed E-state index contributed by atoms with van der Waals surface area (Å²) in [4.78, 5) is 0. The maximum atomic E-state index is 3.70. The average Bonchev–Trinajstić information content (AvgIpc) is 2.38. The van der Waals surface area contributed by atoms with E-state index >= 15 is 0 Å². The minimum Gasteiger partial charge on any atom is -1.00 e. The highest BCUT2D eigenvalue weighted by atomic mass is 35.5. The van der Waals surface area contributed by atoms with E-state index < -0.39 is 0 Å². The molecular formula is C10H15ClN2. The molecule has 0 bridgehead atoms. The van der Waals surface area contributed by atoms with Crippen LogP contribution in [0.3, 0.4) is 0 Å². The lowest BCUT2D eigenvalue weighted by Crippen LogP contribution is -3.00. The van der Waals surface area contributed by atoms with Crippen molar-refractivity contribution in [2.75, 3.05) is 0 Å². The van der Waals surface area contributed by atoms with E-state index in [1.165, 1.54) is 5.82 Å². The predicted molar refractivity (Wildman–Crippen MR) is 49.8 cm³/mol. The number of rotatable bonds is 4. The Morgan fingerprint density at radius 3 is 2.69 bits per heavy atom. The molecule has 2 nitrogen and oxygen atoms in total. The molecule has 0 saturated carbocycles. The standard InChI is InChI=1S/C10H15N2.ClH/c1-4-6-11-8-9-12(7-5-2)10(11)3;/h4-5,8-9H,1-2,6-7H2,3H3;1H/q+1;/p-1. The molecule has 3 heteroatoms. The van der Waals surface area contributed by atoms with Crippen molar-refractivity contribution in [3.63, 3.8) is 0 Å². The first-order chi connectivity index (χ1) is 5.79. The first-order valence-electron chi connectivity index (χ1n) is 4.06. The number of imidazole rings is 1. The van der Waals surface area contributed by atoms with Gasteiger partial charge in [0.2, 0.25) is 0 Å². The van der Waals surface area contributed by atoms with Crippen LogP contribution in [0.5, 0.6) is 0 Å². The second-order valence-corrected chi connectivity index (χ2v) is 2.73. The van der Waals surface area contributed by atoms with Crippen molar-refractivity contribution in [1.82, 2.24) is 4.57 Å². The van der Waals surface area contributed by atoms with Crippen LogP contribution in [0.15, 0.2) is 37.7 Å². The number of aromatic nitrogens is 2. The zero-order chi connectivity index (χ0) is 8.97. The molecule has 1 aromatic heterocycles. The van der Waals surface area contributed by atoms with Gasteiger partial charge in [0.1, 0.15) is 25.5 Å². The van der Waals surface area contributed by atoms with Crippen LogP contribution < -0.4 is 17.0 Å². The van der Waals surface area contributed by atoms with E-state index in [0.717, 1.165) is 13.1 Å². The Bertz CT molecular complexity index is 262. The van der Waals surface area contributed by atoms with Gasteiger partial charge in [0.25, 0.3) is 5.82 Å². The van der Waals surface area contributed by atoms with Crippen LogP contribution in [-0.4, -0.2) is 4.57 Å². The van der Waals surface area contributed by atoms with Gasteiger partial charge in [0.15, 0.2) is 0 Å². The van der Waals surface area contributed by atoms with Gasteiger partial charge in [-0.2, -0.15) is 0 Å². The minimum absolute atomic E-state index is 0. The summed E-state index contributed by atoms with van der Waals surface area (Å²) in [6.45, 7) is 11.2. The average molecular weight is 199 g/mol. The Morgan fingerprint density at radius 1 is 1.46 bits per heavy atom. The van der Waals surface area contributed by atoms with Gasteiger partial charge in [-0.15, -0.1) is 0 Å². The van der Waals surface area contributed by atoms with Crippen molar-refractivity contribution in [2.45, 2.75) is 20.0 Å². The zero-order valence-corrected chi connectivity index (χ0v) is 8.67. The Kier molecular flexibility index (Phi) is 5.16. The fourth-order valence-corrected chi connectivity index (χ4v) is 1.21. The maximum absolute atomic E-state index is 3.70. The summed E-state index contributed by atoms with van der Waals surface area (Å²) >= 11 is 0. The van der Waals surface area contributed by atoms with Crippen molar-refractivity contribution in [1.29, 1.82) is 0 Å². The van der Waals surface area contributed by atoms with Gasteiger partial charge in [-0.1, -0.05) is 25.3 Å². The molecule has 0 unspecified atom stereocenters. The van der Waals surface area contributed by atoms with Crippen LogP contribution in [0.25, 0.3) is 0 Å². The van der Waals surface area contributed by atoms with E-state index in [2.05, 4.69) is 41.6 Å². The molecule has 0 saturated heterocycles. The molecule has 0 aromatic carbocycles. The molecule has 0 radical (unpaired) electrons. The van der Waals surface area contributed by atoms with E-state index in [4.69, 9.17) is 0 Å². The monoisotopic (exact) mass is 198 g/mol. The molecule has 0 atom stereocenters. The topological polar surface area (TPSA) is 8.81 Å². The molecule has 72 valence electrons. The van der Waals surface area contributed by atoms with E-state index in [1.54, 1.807) is 0 Å². The summed E-state index contributed by atoms with van der Waals surface area (Å²) in [6, 6.07) is 0. The van der Waals surface area contributed by atoms with Crippen LogP contribution in [0, 0.1) is 6.92 Å². The number of halogens is 1. The largest absolute Gasteiger partial charge is 1.00 e. The maximum Gasteiger partial charge on any atom is 0.253 e. The lowest BCUT2D eigenvalue weighted by atomic mass is 10.5. The van der Waals surface area contributed by atoms with Gasteiger partial charge in [-0.25, -0.2) is 9.13 Å². The van der Waals surface area contributed by atoms with Gasteiger partial charge in [-0.05, 0) is 0 Å². The SMILES string of the molecule is C=CCn1cc[n+](CC=C)c1C.[Cl-]. The van der Waals surface area contributed by atoms with E-state index in [0.29, 0.717) is 0 Å². The zero-order valence-electron chi connectivity index (χ0n) is 7.91. The fourth-order valence-electron chi connectivity index (χ4n) is 1.21. The van der Waals surface area contributed by atoms with Crippen molar-refractivity contribution in [3.8, 4) is 0 Å². The van der Waals surface area contributed by atoms with Crippen molar-refractivity contribution >= 4 is 0 Å². The highest BCUT2D eigenvalue weighted by molar-refractivity contribution is 4.84. The molecular weight excluding hydrogens is 184 g/mol. The van der Waals surface area contributed by atoms with Gasteiger partial charge in [-0.3, -0.25) is 0 Å². The minimum atomic E-state index is 0. The number of hydrogen-bond acceptors (Lipinski definition) is 0. The van der Waals surface area contributed by atoms with Crippen LogP contribution in [0.1, 0.15) is 5.82 Å². The lowest BCUT2D eigenvalue weighted by molar-refractivity contribution is -0.692. The summed E-state index contributed by atoms with van der Waals surface area (Å²) in [5.41, 5.74) is 0. The molecule has 13 heavy (non-hydrogen) atoms. The van der Waals surface area contributed by atoms with Crippen LogP contribution in [-0.2, 0) is 13.1 Å². The molecule has 1 heterocycles. The molecule has 0 fully saturated rings. The third-order valence-electron chi connectivity index (χ3n) is 1.91. The van der Waals surface area contributed by atoms with Gasteiger partial charge < -0.3 is 12.4 Å². The molecule has 0 amide bonds. The van der Waals surface area contributed by atoms with E-state index in [9.17, 15) is 0 Å². The second kappa shape index (κ2) is 5.60. The summed E-state index contributed by atoms with van der Waals surface area (Å²) in [6.07, 6.45) is 7.90. The lowest BCUT2D eigenvalue weighted by Gasteiger charge is -1.94. The van der Waals surface area contributed by atoms with Gasteiger partial charge >= 0.3 is 0 Å². The molecule has 0 N–H and O–H groups in total. The third-order valence-corrected chi connectivity index (χ3v) is 1.91. The summed E-state index contributed by atoms with van der Waals surface area (Å²) in [7, 11) is 0. The third kappa shape index (κ3) is 2.74. The normalized spacial score (nSPS) is 9.00. The molecule has 1 aromatic rings. The summed E-state index contributed by atoms with van der Waals surface area (Å²) in [5.74, 6) is 1.23. The first-order valence-corrected chi connectivity index (χ1v) is 4.06. The number of hydrogen-bond donors (Lipinski definition) is 0. The molecule has 0 aliphatic rings. The highest BCUT2D eigenvalue weighted by Crippen LogP contribution is 1.93. The van der Waals surface area contributed by atoms with Crippen LogP contribution in [0.4, 0.5) is 0 Å². The Balaban J connectivity index is 0.00000144. The molecule has 1 rings (SSSR count). The quantitative estimate of drug-likeness (QED) is 0.410. The first kappa shape index (κ1) is 12.0. The Hall–Kier alpha value is -1.02. The van der Waals surface area contributed by atoms with Crippen molar-refractivity contribution in [3.05, 3.63) is 43.5 Å². The summed E-state index contributed by atoms with van der Waals surface area (Å²) < 4.78 is 4.30. The van der Waals surface area contributed by atoms with Gasteiger partial charge in [0, 0.05) is 6.92 Å². The second-order valence-electron chi connectivity index (χ2n) is 2.73. The fraction of sp³-hybridized carbons (Fsp3) is 0.300. The Labute approximate surface area is 85.6 Å². The molecule has 0 aliphatic carbocycles. The van der Waals surface area contributed by atoms with Gasteiger partial charge in [0.05, 0.1) is 0 Å². The smallest absolute Gasteiger partial charge is 0.253 e. The van der Waals surface area contributed by atoms with E-state index in [-0.39, 0.29) is 12.4 Å². The Morgan fingerprint density at radius 2 is 2.15 bits per heavy atom.